The lowest BCUT2D eigenvalue weighted by molar-refractivity contribution is -0.645. The number of ether oxygens (including phenoxy) is 1. The van der Waals surface area contributed by atoms with Crippen LogP contribution in [0.5, 0.6) is 5.75 Å². The third-order valence-electron chi connectivity index (χ3n) is 1.11. The van der Waals surface area contributed by atoms with Gasteiger partial charge in [-0.3, -0.25) is 0 Å². The lowest BCUT2D eigenvalue weighted by Crippen LogP contribution is -2.26. The van der Waals surface area contributed by atoms with E-state index < -0.39 is 0 Å². The summed E-state index contributed by atoms with van der Waals surface area (Å²) in [5.41, 5.74) is 0. The van der Waals surface area contributed by atoms with E-state index in [4.69, 9.17) is 4.74 Å². The van der Waals surface area contributed by atoms with Crippen molar-refractivity contribution in [2.75, 3.05) is 7.11 Å². The van der Waals surface area contributed by atoms with Crippen molar-refractivity contribution in [2.45, 2.75) is 5.03 Å². The van der Waals surface area contributed by atoms with Crippen LogP contribution in [0.3, 0.4) is 0 Å². The van der Waals surface area contributed by atoms with Crippen molar-refractivity contribution >= 4 is 12.6 Å². The smallest absolute Gasteiger partial charge is 0.251 e. The lowest BCUT2D eigenvalue weighted by atomic mass is 10.4. The van der Waals surface area contributed by atoms with Gasteiger partial charge in [0.15, 0.2) is 6.20 Å². The molecule has 0 aromatic carbocycles. The molecule has 0 saturated heterocycles. The van der Waals surface area contributed by atoms with Crippen LogP contribution in [0.1, 0.15) is 0 Å². The van der Waals surface area contributed by atoms with Gasteiger partial charge in [0.25, 0.3) is 5.03 Å². The Hall–Kier alpha value is -0.900. The maximum absolute atomic E-state index is 10.7. The molecule has 1 aromatic rings. The van der Waals surface area contributed by atoms with Crippen molar-refractivity contribution < 1.29 is 9.47 Å². The van der Waals surface area contributed by atoms with E-state index in [1.165, 1.54) is 13.3 Å². The molecule has 0 aliphatic carbocycles. The molecule has 0 atom stereocenters. The van der Waals surface area contributed by atoms with Gasteiger partial charge in [-0.15, -0.1) is 0 Å². The number of thiol groups is 1. The van der Waals surface area contributed by atoms with Crippen LogP contribution < -0.4 is 9.47 Å². The highest BCUT2D eigenvalue weighted by molar-refractivity contribution is 7.80. The van der Waals surface area contributed by atoms with Gasteiger partial charge < -0.3 is 9.94 Å². The van der Waals surface area contributed by atoms with Crippen LogP contribution in [-0.2, 0) is 0 Å². The molecule has 0 bridgehead atoms. The molecule has 0 saturated carbocycles. The van der Waals surface area contributed by atoms with Crippen LogP contribution in [-0.4, -0.2) is 7.11 Å². The highest BCUT2D eigenvalue weighted by atomic mass is 32.1. The van der Waals surface area contributed by atoms with Crippen molar-refractivity contribution in [1.29, 1.82) is 0 Å². The molecule has 0 radical (unpaired) electrons. The van der Waals surface area contributed by atoms with Crippen LogP contribution in [0.4, 0.5) is 0 Å². The first-order chi connectivity index (χ1) is 4.74. The van der Waals surface area contributed by atoms with Crippen molar-refractivity contribution in [1.82, 2.24) is 0 Å². The summed E-state index contributed by atoms with van der Waals surface area (Å²) in [6.45, 7) is 0. The third kappa shape index (κ3) is 1.33. The molecule has 0 aliphatic rings. The Bertz CT molecular complexity index is 239. The highest BCUT2D eigenvalue weighted by Gasteiger charge is 1.99. The molecule has 0 amide bonds. The second-order valence-electron chi connectivity index (χ2n) is 1.75. The van der Waals surface area contributed by atoms with Crippen LogP contribution in [0, 0.1) is 5.21 Å². The van der Waals surface area contributed by atoms with Crippen LogP contribution in [0.15, 0.2) is 23.4 Å². The average Bonchev–Trinajstić information content (AvgIpc) is 1.95. The van der Waals surface area contributed by atoms with E-state index in [2.05, 4.69) is 12.6 Å². The van der Waals surface area contributed by atoms with Crippen molar-refractivity contribution in [3.8, 4) is 5.75 Å². The Morgan fingerprint density at radius 1 is 1.70 bits per heavy atom. The van der Waals surface area contributed by atoms with Gasteiger partial charge in [0.2, 0.25) is 0 Å². The summed E-state index contributed by atoms with van der Waals surface area (Å²) < 4.78 is 5.51. The fraction of sp³-hybridized carbons (Fsp3) is 0.167. The first-order valence-electron chi connectivity index (χ1n) is 2.70. The summed E-state index contributed by atoms with van der Waals surface area (Å²) >= 11 is 3.89. The second-order valence-corrected chi connectivity index (χ2v) is 2.21. The molecule has 0 spiro atoms. The summed E-state index contributed by atoms with van der Waals surface area (Å²) in [6.07, 6.45) is 1.35. The van der Waals surface area contributed by atoms with E-state index >= 15 is 0 Å². The molecular weight excluding hydrogens is 150 g/mol. The predicted molar refractivity (Wildman–Crippen MR) is 39.2 cm³/mol. The summed E-state index contributed by atoms with van der Waals surface area (Å²) in [7, 11) is 1.54. The van der Waals surface area contributed by atoms with Gasteiger partial charge in [0, 0.05) is 6.07 Å². The molecule has 10 heavy (non-hydrogen) atoms. The number of aromatic nitrogens is 1. The molecule has 54 valence electrons. The zero-order chi connectivity index (χ0) is 7.56. The van der Waals surface area contributed by atoms with E-state index in [0.29, 0.717) is 15.5 Å². The minimum Gasteiger partial charge on any atom is -0.618 e. The molecule has 1 rings (SSSR count). The molecule has 1 heterocycles. The summed E-state index contributed by atoms with van der Waals surface area (Å²) in [5, 5.41) is 11.0. The maximum Gasteiger partial charge on any atom is 0.251 e. The van der Waals surface area contributed by atoms with Crippen LogP contribution >= 0.6 is 12.6 Å². The zero-order valence-corrected chi connectivity index (χ0v) is 6.34. The van der Waals surface area contributed by atoms with E-state index in [1.54, 1.807) is 12.1 Å². The molecule has 3 nitrogen and oxygen atoms in total. The zero-order valence-electron chi connectivity index (χ0n) is 5.44. The average molecular weight is 157 g/mol. The maximum atomic E-state index is 10.7. The Morgan fingerprint density at radius 2 is 2.40 bits per heavy atom. The van der Waals surface area contributed by atoms with E-state index in [1.807, 2.05) is 0 Å². The normalized spacial score (nSPS) is 9.40. The Kier molecular flexibility index (Phi) is 2.01. The Labute approximate surface area is 64.2 Å². The molecular formula is C6H7NO2S. The predicted octanol–water partition coefficient (Wildman–Crippen LogP) is 0.617. The molecule has 0 N–H and O–H groups in total. The largest absolute Gasteiger partial charge is 0.618 e. The number of hydrogen-bond donors (Lipinski definition) is 1. The highest BCUT2D eigenvalue weighted by Crippen LogP contribution is 2.10. The van der Waals surface area contributed by atoms with Crippen molar-refractivity contribution in [3.63, 3.8) is 0 Å². The van der Waals surface area contributed by atoms with E-state index in [9.17, 15) is 5.21 Å². The summed E-state index contributed by atoms with van der Waals surface area (Å²) in [4.78, 5) is 0. The molecule has 4 heteroatoms. The third-order valence-corrected chi connectivity index (χ3v) is 1.43. The Balaban J connectivity index is 3.04. The van der Waals surface area contributed by atoms with Gasteiger partial charge in [-0.2, -0.15) is 4.73 Å². The first-order valence-corrected chi connectivity index (χ1v) is 3.15. The van der Waals surface area contributed by atoms with Gasteiger partial charge in [-0.1, -0.05) is 12.6 Å². The number of nitrogens with zero attached hydrogens (tertiary/aromatic N) is 1. The van der Waals surface area contributed by atoms with Crippen molar-refractivity contribution in [3.05, 3.63) is 23.5 Å². The quantitative estimate of drug-likeness (QED) is 0.368. The monoisotopic (exact) mass is 157 g/mol. The second kappa shape index (κ2) is 2.79. The van der Waals surface area contributed by atoms with Gasteiger partial charge in [0.05, 0.1) is 13.2 Å². The van der Waals surface area contributed by atoms with Crippen LogP contribution in [0.2, 0.25) is 0 Å². The minimum atomic E-state index is 0.333. The standard InChI is InChI=1S/C6H7NO2S/c1-9-5-2-3-7(8)6(10)4-5/h2-4,10H,1H3. The Morgan fingerprint density at radius 3 is 2.90 bits per heavy atom. The van der Waals surface area contributed by atoms with E-state index in [0.717, 1.165) is 0 Å². The SMILES string of the molecule is COc1cc[n+]([O-])c(S)c1. The van der Waals surface area contributed by atoms with Gasteiger partial charge in [0.1, 0.15) is 5.75 Å². The topological polar surface area (TPSA) is 36.2 Å². The first kappa shape index (κ1) is 7.21. The van der Waals surface area contributed by atoms with Gasteiger partial charge in [-0.05, 0) is 0 Å². The summed E-state index contributed by atoms with van der Waals surface area (Å²) in [5.74, 6) is 0.636. The van der Waals surface area contributed by atoms with Gasteiger partial charge in [-0.25, -0.2) is 0 Å². The van der Waals surface area contributed by atoms with E-state index in [-0.39, 0.29) is 0 Å². The van der Waals surface area contributed by atoms with Gasteiger partial charge >= 0.3 is 0 Å². The van der Waals surface area contributed by atoms with Crippen LogP contribution in [0.25, 0.3) is 0 Å². The fourth-order valence-electron chi connectivity index (χ4n) is 0.583. The molecule has 0 fully saturated rings. The molecule has 0 unspecified atom stereocenters. The number of methoxy groups -OCH3 is 1. The lowest BCUT2D eigenvalue weighted by Gasteiger charge is -2.00. The molecule has 0 aliphatic heterocycles. The minimum absolute atomic E-state index is 0.333. The van der Waals surface area contributed by atoms with Crippen molar-refractivity contribution in [2.24, 2.45) is 0 Å². The fourth-order valence-corrected chi connectivity index (χ4v) is 0.777. The number of pyridine rings is 1. The number of hydrogen-bond acceptors (Lipinski definition) is 3. The summed E-state index contributed by atoms with van der Waals surface area (Å²) in [6, 6.07) is 3.13. The molecule has 1 aromatic heterocycles. The number of rotatable bonds is 1.